The van der Waals surface area contributed by atoms with Crippen molar-refractivity contribution in [3.8, 4) is 0 Å². The Morgan fingerprint density at radius 1 is 1.35 bits per heavy atom. The largest absolute Gasteiger partial charge is 0.310 e. The van der Waals surface area contributed by atoms with Crippen molar-refractivity contribution in [1.29, 1.82) is 0 Å². The monoisotopic (exact) mass is 291 g/mol. The van der Waals surface area contributed by atoms with Crippen molar-refractivity contribution in [1.82, 2.24) is 15.2 Å². The molecule has 20 heavy (non-hydrogen) atoms. The fourth-order valence-electron chi connectivity index (χ4n) is 2.63. The third kappa shape index (κ3) is 3.74. The molecule has 2 aliphatic rings. The van der Waals surface area contributed by atoms with E-state index in [4.69, 9.17) is 0 Å². The molecule has 0 bridgehead atoms. The number of hydrogen-bond donors (Lipinski definition) is 1. The van der Waals surface area contributed by atoms with Crippen LogP contribution in [0.4, 0.5) is 0 Å². The predicted octanol–water partition coefficient (Wildman–Crippen LogP) is 2.66. The van der Waals surface area contributed by atoms with E-state index in [1.54, 1.807) is 0 Å². The average Bonchev–Trinajstić information content (AvgIpc) is 3.27. The minimum absolute atomic E-state index is 0.645. The summed E-state index contributed by atoms with van der Waals surface area (Å²) >= 11 is 2.09. The molecule has 4 heteroatoms. The third-order valence-corrected chi connectivity index (χ3v) is 5.78. The van der Waals surface area contributed by atoms with Gasteiger partial charge in [0.1, 0.15) is 0 Å². The molecule has 0 spiro atoms. The van der Waals surface area contributed by atoms with E-state index in [0.29, 0.717) is 6.04 Å². The molecule has 2 atom stereocenters. The molecule has 1 aromatic rings. The van der Waals surface area contributed by atoms with Gasteiger partial charge in [-0.05, 0) is 31.4 Å². The van der Waals surface area contributed by atoms with E-state index in [1.807, 2.05) is 6.20 Å². The van der Waals surface area contributed by atoms with Crippen molar-refractivity contribution >= 4 is 11.8 Å². The van der Waals surface area contributed by atoms with Crippen molar-refractivity contribution in [2.24, 2.45) is 0 Å². The molecular formula is C16H25N3S. The first-order chi connectivity index (χ1) is 9.72. The summed E-state index contributed by atoms with van der Waals surface area (Å²) in [6, 6.07) is 5.84. The number of thioether (sulfide) groups is 1. The molecule has 1 aromatic heterocycles. The van der Waals surface area contributed by atoms with Crippen molar-refractivity contribution in [3.05, 3.63) is 29.6 Å². The molecule has 0 amide bonds. The number of hydrogen-bond acceptors (Lipinski definition) is 4. The zero-order valence-corrected chi connectivity index (χ0v) is 13.3. The minimum atomic E-state index is 0.645. The maximum Gasteiger partial charge on any atom is 0.0544 e. The van der Waals surface area contributed by atoms with Gasteiger partial charge in [0.05, 0.1) is 5.69 Å². The first kappa shape index (κ1) is 14.4. The molecule has 1 aliphatic heterocycles. The SMILES string of the molecule is CC1SCCN(Cc2ccc(CNC3CC3)cn2)C1C. The van der Waals surface area contributed by atoms with E-state index in [2.05, 4.69) is 52.9 Å². The van der Waals surface area contributed by atoms with Crippen LogP contribution in [0.2, 0.25) is 0 Å². The van der Waals surface area contributed by atoms with Crippen LogP contribution in [0.5, 0.6) is 0 Å². The van der Waals surface area contributed by atoms with Crippen LogP contribution in [0.15, 0.2) is 18.3 Å². The van der Waals surface area contributed by atoms with Crippen LogP contribution in [-0.4, -0.2) is 39.5 Å². The molecule has 1 saturated carbocycles. The Morgan fingerprint density at radius 3 is 2.90 bits per heavy atom. The van der Waals surface area contributed by atoms with E-state index in [1.165, 1.54) is 36.4 Å². The normalized spacial score (nSPS) is 27.7. The Hall–Kier alpha value is -0.580. The highest BCUT2D eigenvalue weighted by Crippen LogP contribution is 2.25. The second kappa shape index (κ2) is 6.46. The molecule has 2 unspecified atom stereocenters. The molecule has 3 rings (SSSR count). The van der Waals surface area contributed by atoms with E-state index in [-0.39, 0.29) is 0 Å². The van der Waals surface area contributed by atoms with Gasteiger partial charge in [0.2, 0.25) is 0 Å². The van der Waals surface area contributed by atoms with E-state index in [0.717, 1.165) is 24.4 Å². The molecule has 2 fully saturated rings. The van der Waals surface area contributed by atoms with E-state index in [9.17, 15) is 0 Å². The maximum absolute atomic E-state index is 4.64. The van der Waals surface area contributed by atoms with Gasteiger partial charge in [-0.15, -0.1) is 0 Å². The number of rotatable bonds is 5. The van der Waals surface area contributed by atoms with Crippen LogP contribution in [-0.2, 0) is 13.1 Å². The quantitative estimate of drug-likeness (QED) is 0.903. The number of aromatic nitrogens is 1. The summed E-state index contributed by atoms with van der Waals surface area (Å²) in [6.45, 7) is 7.81. The molecule has 110 valence electrons. The first-order valence-corrected chi connectivity index (χ1v) is 8.80. The summed E-state index contributed by atoms with van der Waals surface area (Å²) < 4.78 is 0. The van der Waals surface area contributed by atoms with Crippen LogP contribution in [0.1, 0.15) is 37.9 Å². The van der Waals surface area contributed by atoms with Gasteiger partial charge in [0.15, 0.2) is 0 Å². The second-order valence-electron chi connectivity index (χ2n) is 6.10. The van der Waals surface area contributed by atoms with Gasteiger partial charge < -0.3 is 5.32 Å². The molecule has 0 aromatic carbocycles. The fourth-order valence-corrected chi connectivity index (χ4v) is 3.79. The number of nitrogens with one attached hydrogen (secondary N) is 1. The Bertz CT molecular complexity index is 430. The van der Waals surface area contributed by atoms with Gasteiger partial charge in [0.25, 0.3) is 0 Å². The van der Waals surface area contributed by atoms with Gasteiger partial charge in [-0.25, -0.2) is 0 Å². The third-order valence-electron chi connectivity index (χ3n) is 4.44. The summed E-state index contributed by atoms with van der Waals surface area (Å²) in [5, 5.41) is 4.26. The minimum Gasteiger partial charge on any atom is -0.310 e. The molecule has 3 nitrogen and oxygen atoms in total. The van der Waals surface area contributed by atoms with Crippen LogP contribution in [0, 0.1) is 0 Å². The molecule has 1 N–H and O–H groups in total. The van der Waals surface area contributed by atoms with Gasteiger partial charge in [-0.1, -0.05) is 13.0 Å². The highest BCUT2D eigenvalue weighted by atomic mass is 32.2. The molecular weight excluding hydrogens is 266 g/mol. The van der Waals surface area contributed by atoms with Crippen molar-refractivity contribution in [2.75, 3.05) is 12.3 Å². The lowest BCUT2D eigenvalue weighted by atomic mass is 10.2. The molecule has 1 saturated heterocycles. The Kier molecular flexibility index (Phi) is 4.64. The summed E-state index contributed by atoms with van der Waals surface area (Å²) in [6.07, 6.45) is 4.72. The lowest BCUT2D eigenvalue weighted by Gasteiger charge is -2.37. The van der Waals surface area contributed by atoms with Gasteiger partial charge in [-0.2, -0.15) is 11.8 Å². The highest BCUT2D eigenvalue weighted by molar-refractivity contribution is 8.00. The van der Waals surface area contributed by atoms with Crippen LogP contribution >= 0.6 is 11.8 Å². The smallest absolute Gasteiger partial charge is 0.0544 e. The Balaban J connectivity index is 1.53. The van der Waals surface area contributed by atoms with Crippen LogP contribution < -0.4 is 5.32 Å². The Labute approximate surface area is 126 Å². The highest BCUT2D eigenvalue weighted by Gasteiger charge is 2.25. The molecule has 0 radical (unpaired) electrons. The fraction of sp³-hybridized carbons (Fsp3) is 0.688. The summed E-state index contributed by atoms with van der Waals surface area (Å²) in [5.41, 5.74) is 2.50. The lowest BCUT2D eigenvalue weighted by Crippen LogP contribution is -2.44. The molecule has 2 heterocycles. The van der Waals surface area contributed by atoms with Gasteiger partial charge in [0, 0.05) is 48.9 Å². The second-order valence-corrected chi connectivity index (χ2v) is 7.59. The number of nitrogens with zero attached hydrogens (tertiary/aromatic N) is 2. The topological polar surface area (TPSA) is 28.2 Å². The van der Waals surface area contributed by atoms with E-state index >= 15 is 0 Å². The van der Waals surface area contributed by atoms with Crippen molar-refractivity contribution in [2.45, 2.75) is 57.1 Å². The van der Waals surface area contributed by atoms with E-state index < -0.39 is 0 Å². The maximum atomic E-state index is 4.64. The Morgan fingerprint density at radius 2 is 2.20 bits per heavy atom. The zero-order chi connectivity index (χ0) is 13.9. The van der Waals surface area contributed by atoms with Crippen LogP contribution in [0.3, 0.4) is 0 Å². The van der Waals surface area contributed by atoms with Crippen LogP contribution in [0.25, 0.3) is 0 Å². The van der Waals surface area contributed by atoms with Crippen molar-refractivity contribution < 1.29 is 0 Å². The predicted molar refractivity (Wildman–Crippen MR) is 85.9 cm³/mol. The van der Waals surface area contributed by atoms with Gasteiger partial charge >= 0.3 is 0 Å². The van der Waals surface area contributed by atoms with Gasteiger partial charge in [-0.3, -0.25) is 9.88 Å². The first-order valence-electron chi connectivity index (χ1n) is 7.75. The summed E-state index contributed by atoms with van der Waals surface area (Å²) in [4.78, 5) is 7.20. The van der Waals surface area contributed by atoms with Crippen molar-refractivity contribution in [3.63, 3.8) is 0 Å². The standard InChI is InChI=1S/C16H25N3S/c1-12-13(2)20-8-7-19(12)11-16-4-3-14(10-18-16)9-17-15-5-6-15/h3-4,10,12-13,15,17H,5-9,11H2,1-2H3. The summed E-state index contributed by atoms with van der Waals surface area (Å²) in [5.74, 6) is 1.24. The summed E-state index contributed by atoms with van der Waals surface area (Å²) in [7, 11) is 0. The number of pyridine rings is 1. The lowest BCUT2D eigenvalue weighted by molar-refractivity contribution is 0.202. The molecule has 1 aliphatic carbocycles. The zero-order valence-electron chi connectivity index (χ0n) is 12.5. The average molecular weight is 291 g/mol.